The van der Waals surface area contributed by atoms with Crippen molar-refractivity contribution in [1.29, 1.82) is 0 Å². The van der Waals surface area contributed by atoms with E-state index in [1.807, 2.05) is 6.92 Å². The van der Waals surface area contributed by atoms with Crippen LogP contribution in [0.5, 0.6) is 0 Å². The molecule has 1 aromatic carbocycles. The van der Waals surface area contributed by atoms with Crippen molar-refractivity contribution in [3.8, 4) is 0 Å². The third kappa shape index (κ3) is 3.95. The van der Waals surface area contributed by atoms with Crippen molar-refractivity contribution in [1.82, 2.24) is 0 Å². The van der Waals surface area contributed by atoms with E-state index in [-0.39, 0.29) is 35.0 Å². The first-order valence-corrected chi connectivity index (χ1v) is 9.52. The number of imide groups is 1. The van der Waals surface area contributed by atoms with Crippen molar-refractivity contribution in [2.75, 3.05) is 30.0 Å². The van der Waals surface area contributed by atoms with Gasteiger partial charge in [0.2, 0.25) is 11.8 Å². The van der Waals surface area contributed by atoms with Gasteiger partial charge in [-0.2, -0.15) is 0 Å². The maximum absolute atomic E-state index is 12.7. The molecule has 0 bridgehead atoms. The smallest absolute Gasteiger partial charge is 0.294 e. The van der Waals surface area contributed by atoms with Gasteiger partial charge >= 0.3 is 0 Å². The van der Waals surface area contributed by atoms with Crippen LogP contribution in [0.15, 0.2) is 18.2 Å². The van der Waals surface area contributed by atoms with E-state index in [1.54, 1.807) is 12.1 Å². The van der Waals surface area contributed by atoms with Gasteiger partial charge in [0.15, 0.2) is 0 Å². The molecule has 1 aliphatic carbocycles. The molecule has 0 unspecified atom stereocenters. The van der Waals surface area contributed by atoms with Crippen LogP contribution in [0.4, 0.5) is 17.1 Å². The second-order valence-electron chi connectivity index (χ2n) is 6.95. The van der Waals surface area contributed by atoms with Crippen molar-refractivity contribution >= 4 is 28.9 Å². The number of hydrogen-bond donors (Lipinski definition) is 1. The maximum Gasteiger partial charge on any atom is 0.294 e. The summed E-state index contributed by atoms with van der Waals surface area (Å²) in [6, 6.07) is 4.49. The molecule has 8 nitrogen and oxygen atoms in total. The van der Waals surface area contributed by atoms with Gasteiger partial charge in [-0.25, -0.2) is 4.90 Å². The molecule has 1 aliphatic heterocycles. The third-order valence-electron chi connectivity index (χ3n) is 5.26. The zero-order valence-electron chi connectivity index (χ0n) is 15.5. The molecule has 0 aromatic heterocycles. The van der Waals surface area contributed by atoms with Crippen LogP contribution in [0.2, 0.25) is 0 Å². The number of nitro benzene ring substituents is 1. The van der Waals surface area contributed by atoms with E-state index in [2.05, 4.69) is 5.32 Å². The highest BCUT2D eigenvalue weighted by Crippen LogP contribution is 2.41. The minimum absolute atomic E-state index is 0.139. The molecule has 8 heteroatoms. The Balaban J connectivity index is 1.78. The molecule has 27 heavy (non-hydrogen) atoms. The Labute approximate surface area is 158 Å². The molecule has 2 atom stereocenters. The number of anilines is 2. The normalized spacial score (nSPS) is 22.0. The lowest BCUT2D eigenvalue weighted by Gasteiger charge is -2.19. The van der Waals surface area contributed by atoms with Gasteiger partial charge in [-0.15, -0.1) is 0 Å². The van der Waals surface area contributed by atoms with E-state index in [4.69, 9.17) is 4.74 Å². The molecule has 2 amide bonds. The van der Waals surface area contributed by atoms with Gasteiger partial charge in [-0.3, -0.25) is 19.7 Å². The second-order valence-corrected chi connectivity index (χ2v) is 6.95. The molecule has 1 heterocycles. The summed E-state index contributed by atoms with van der Waals surface area (Å²) < 4.78 is 5.25. The standard InChI is InChI=1S/C19H25N3O5/c1-2-27-11-5-10-20-16-9-8-13(12-17(16)22(25)26)21-18(23)14-6-3-4-7-15(14)19(21)24/h8-9,12,14-15,20H,2-7,10-11H2,1H3/t14-,15-/m1/s1. The molecule has 2 aliphatic rings. The molecule has 0 radical (unpaired) electrons. The third-order valence-corrected chi connectivity index (χ3v) is 5.26. The molecule has 1 N–H and O–H groups in total. The largest absolute Gasteiger partial charge is 0.382 e. The van der Waals surface area contributed by atoms with Crippen LogP contribution in [0, 0.1) is 22.0 Å². The summed E-state index contributed by atoms with van der Waals surface area (Å²) in [5.74, 6) is -1.00. The minimum atomic E-state index is -0.494. The Hall–Kier alpha value is -2.48. The molecular weight excluding hydrogens is 350 g/mol. The van der Waals surface area contributed by atoms with Crippen molar-refractivity contribution < 1.29 is 19.2 Å². The zero-order valence-corrected chi connectivity index (χ0v) is 15.5. The number of amides is 2. The van der Waals surface area contributed by atoms with E-state index in [1.165, 1.54) is 6.07 Å². The number of benzene rings is 1. The van der Waals surface area contributed by atoms with E-state index in [9.17, 15) is 19.7 Å². The van der Waals surface area contributed by atoms with E-state index in [0.29, 0.717) is 38.3 Å². The fourth-order valence-corrected chi connectivity index (χ4v) is 3.92. The zero-order chi connectivity index (χ0) is 19.4. The Bertz CT molecular complexity index is 712. The molecule has 2 fully saturated rings. The van der Waals surface area contributed by atoms with Crippen molar-refractivity contribution in [3.05, 3.63) is 28.3 Å². The van der Waals surface area contributed by atoms with Crippen LogP contribution in [0.1, 0.15) is 39.0 Å². The van der Waals surface area contributed by atoms with E-state index in [0.717, 1.165) is 24.2 Å². The summed E-state index contributed by atoms with van der Waals surface area (Å²) in [6.45, 7) is 3.66. The molecular formula is C19H25N3O5. The summed E-state index contributed by atoms with van der Waals surface area (Å²) in [4.78, 5) is 37.5. The van der Waals surface area contributed by atoms with E-state index >= 15 is 0 Å². The minimum Gasteiger partial charge on any atom is -0.382 e. The van der Waals surface area contributed by atoms with Crippen LogP contribution in [-0.2, 0) is 14.3 Å². The molecule has 1 aromatic rings. The van der Waals surface area contributed by atoms with Gasteiger partial charge in [-0.05, 0) is 38.3 Å². The number of carbonyl (C=O) groups is 2. The average molecular weight is 375 g/mol. The number of hydrogen-bond acceptors (Lipinski definition) is 6. The topological polar surface area (TPSA) is 102 Å². The highest BCUT2D eigenvalue weighted by Gasteiger charge is 2.49. The fourth-order valence-electron chi connectivity index (χ4n) is 3.92. The van der Waals surface area contributed by atoms with Gasteiger partial charge in [-0.1, -0.05) is 12.8 Å². The van der Waals surface area contributed by atoms with Crippen LogP contribution in [0.3, 0.4) is 0 Å². The lowest BCUT2D eigenvalue weighted by molar-refractivity contribution is -0.383. The van der Waals surface area contributed by atoms with Gasteiger partial charge in [0.05, 0.1) is 22.4 Å². The predicted molar refractivity (Wildman–Crippen MR) is 101 cm³/mol. The van der Waals surface area contributed by atoms with Crippen molar-refractivity contribution in [2.24, 2.45) is 11.8 Å². The van der Waals surface area contributed by atoms with Gasteiger partial charge in [0, 0.05) is 25.8 Å². The van der Waals surface area contributed by atoms with Crippen LogP contribution in [0.25, 0.3) is 0 Å². The van der Waals surface area contributed by atoms with E-state index < -0.39 is 4.92 Å². The molecule has 146 valence electrons. The second kappa shape index (κ2) is 8.47. The predicted octanol–water partition coefficient (Wildman–Crippen LogP) is 3.11. The Morgan fingerprint density at radius 1 is 1.22 bits per heavy atom. The number of ether oxygens (including phenoxy) is 1. The quantitative estimate of drug-likeness (QED) is 0.324. The van der Waals surface area contributed by atoms with Crippen LogP contribution in [-0.4, -0.2) is 36.5 Å². The average Bonchev–Trinajstić information content (AvgIpc) is 2.93. The summed E-state index contributed by atoms with van der Waals surface area (Å²) in [5, 5.41) is 14.5. The lowest BCUT2D eigenvalue weighted by atomic mass is 9.81. The van der Waals surface area contributed by atoms with Crippen molar-refractivity contribution in [3.63, 3.8) is 0 Å². The summed E-state index contributed by atoms with van der Waals surface area (Å²) in [6.07, 6.45) is 4.04. The van der Waals surface area contributed by atoms with Gasteiger partial charge in [0.1, 0.15) is 5.69 Å². The first-order chi connectivity index (χ1) is 13.0. The highest BCUT2D eigenvalue weighted by atomic mass is 16.6. The van der Waals surface area contributed by atoms with Gasteiger partial charge in [0.25, 0.3) is 5.69 Å². The molecule has 1 saturated carbocycles. The number of fused-ring (bicyclic) bond motifs is 1. The van der Waals surface area contributed by atoms with Crippen LogP contribution < -0.4 is 10.2 Å². The first-order valence-electron chi connectivity index (χ1n) is 9.52. The number of nitrogens with zero attached hydrogens (tertiary/aromatic N) is 2. The molecule has 3 rings (SSSR count). The Morgan fingerprint density at radius 3 is 2.48 bits per heavy atom. The summed E-state index contributed by atoms with van der Waals surface area (Å²) >= 11 is 0. The summed E-state index contributed by atoms with van der Waals surface area (Å²) in [7, 11) is 0. The number of nitro groups is 1. The highest BCUT2D eigenvalue weighted by molar-refractivity contribution is 6.22. The maximum atomic E-state index is 12.7. The lowest BCUT2D eigenvalue weighted by Crippen LogP contribution is -2.30. The van der Waals surface area contributed by atoms with Crippen LogP contribution >= 0.6 is 0 Å². The van der Waals surface area contributed by atoms with Crippen molar-refractivity contribution in [2.45, 2.75) is 39.0 Å². The number of carbonyl (C=O) groups excluding carboxylic acids is 2. The SMILES string of the molecule is CCOCCCNc1ccc(N2C(=O)[C@@H]3CCCC[C@H]3C2=O)cc1[N+](=O)[O-]. The monoisotopic (exact) mass is 375 g/mol. The Morgan fingerprint density at radius 2 is 1.89 bits per heavy atom. The van der Waals surface area contributed by atoms with Gasteiger partial charge < -0.3 is 10.1 Å². The molecule has 1 saturated heterocycles. The molecule has 0 spiro atoms. The first kappa shape index (κ1) is 19.3. The Kier molecular flexibility index (Phi) is 6.05. The fraction of sp³-hybridized carbons (Fsp3) is 0.579. The number of rotatable bonds is 8. The summed E-state index contributed by atoms with van der Waals surface area (Å²) in [5.41, 5.74) is 0.516. The number of nitrogens with one attached hydrogen (secondary N) is 1.